The maximum Gasteiger partial charge on any atom is 0.160 e. The largest absolute Gasteiger partial charge is 0.504 e. The monoisotopic (exact) mass is 540 g/mol. The summed E-state index contributed by atoms with van der Waals surface area (Å²) in [4.78, 5) is 0. The number of aliphatic hydroxyl groups is 2. The average Bonchev–Trinajstić information content (AvgIpc) is 2.94. The molecule has 0 aliphatic heterocycles. The van der Waals surface area contributed by atoms with Crippen LogP contribution in [0.2, 0.25) is 0 Å². The standard InChI is InChI=1S/C12H26O.2C8H10O3.C2H6O/c1-3-5-7-9-11-13-12-10-8-6-4-2;2*1-11-8-4-6(5-9)2-3-7(8)10;1-3-2/h3-12H2,1-2H3;2*2-4,9-10H,5H2,1H3;1-2H3. The van der Waals surface area contributed by atoms with E-state index in [-0.39, 0.29) is 24.7 Å². The van der Waals surface area contributed by atoms with Gasteiger partial charge < -0.3 is 39.4 Å². The summed E-state index contributed by atoms with van der Waals surface area (Å²) >= 11 is 0. The van der Waals surface area contributed by atoms with Gasteiger partial charge in [-0.15, -0.1) is 0 Å². The van der Waals surface area contributed by atoms with Crippen LogP contribution in [-0.4, -0.2) is 62.1 Å². The van der Waals surface area contributed by atoms with Crippen molar-refractivity contribution in [3.63, 3.8) is 0 Å². The Bertz CT molecular complexity index is 719. The van der Waals surface area contributed by atoms with E-state index in [4.69, 9.17) is 34.6 Å². The van der Waals surface area contributed by atoms with Crippen molar-refractivity contribution in [2.45, 2.75) is 78.4 Å². The number of rotatable bonds is 14. The third-order valence-corrected chi connectivity index (χ3v) is 5.14. The van der Waals surface area contributed by atoms with Gasteiger partial charge in [-0.2, -0.15) is 0 Å². The number of benzene rings is 2. The molecule has 0 fully saturated rings. The molecule has 2 aromatic rings. The van der Waals surface area contributed by atoms with Crippen LogP contribution in [0.3, 0.4) is 0 Å². The van der Waals surface area contributed by atoms with Crippen LogP contribution in [0.1, 0.15) is 76.3 Å². The van der Waals surface area contributed by atoms with Gasteiger partial charge in [-0.1, -0.05) is 64.5 Å². The molecular formula is C30H52O8. The molecule has 2 aromatic carbocycles. The van der Waals surface area contributed by atoms with Gasteiger partial charge in [-0.3, -0.25) is 0 Å². The first-order valence-corrected chi connectivity index (χ1v) is 13.3. The average molecular weight is 541 g/mol. The van der Waals surface area contributed by atoms with Crippen LogP contribution < -0.4 is 9.47 Å². The second kappa shape index (κ2) is 27.5. The maximum absolute atomic E-state index is 9.12. The first-order chi connectivity index (χ1) is 18.4. The van der Waals surface area contributed by atoms with Crippen molar-refractivity contribution in [1.82, 2.24) is 0 Å². The molecule has 0 aliphatic carbocycles. The van der Waals surface area contributed by atoms with Gasteiger partial charge in [0.25, 0.3) is 0 Å². The van der Waals surface area contributed by atoms with Gasteiger partial charge in [0.15, 0.2) is 23.0 Å². The Morgan fingerprint density at radius 1 is 0.579 bits per heavy atom. The third-order valence-electron chi connectivity index (χ3n) is 5.14. The van der Waals surface area contributed by atoms with Gasteiger partial charge in [-0.25, -0.2) is 0 Å². The van der Waals surface area contributed by atoms with E-state index in [9.17, 15) is 0 Å². The lowest BCUT2D eigenvalue weighted by Gasteiger charge is -2.03. The molecule has 0 saturated heterocycles. The van der Waals surface area contributed by atoms with Gasteiger partial charge in [0.1, 0.15) is 0 Å². The Kier molecular flexibility index (Phi) is 27.2. The molecule has 4 N–H and O–H groups in total. The minimum Gasteiger partial charge on any atom is -0.504 e. The summed E-state index contributed by atoms with van der Waals surface area (Å²) in [6, 6.07) is 9.44. The van der Waals surface area contributed by atoms with E-state index in [0.29, 0.717) is 11.5 Å². The summed E-state index contributed by atoms with van der Waals surface area (Å²) in [5, 5.41) is 35.7. The molecular weight excluding hydrogens is 488 g/mol. The van der Waals surface area contributed by atoms with Crippen molar-refractivity contribution in [2.75, 3.05) is 41.7 Å². The fourth-order valence-corrected chi connectivity index (χ4v) is 3.00. The number of methoxy groups -OCH3 is 3. The van der Waals surface area contributed by atoms with E-state index in [2.05, 4.69) is 18.6 Å². The maximum atomic E-state index is 9.12. The molecule has 0 aliphatic rings. The highest BCUT2D eigenvalue weighted by Crippen LogP contribution is 2.26. The molecule has 38 heavy (non-hydrogen) atoms. The fraction of sp³-hybridized carbons (Fsp3) is 0.600. The lowest BCUT2D eigenvalue weighted by molar-refractivity contribution is 0.126. The number of phenolic OH excluding ortho intramolecular Hbond substituents is 2. The summed E-state index contributed by atoms with van der Waals surface area (Å²) in [5.74, 6) is 0.947. The second-order valence-corrected chi connectivity index (χ2v) is 8.47. The van der Waals surface area contributed by atoms with Crippen molar-refractivity contribution in [3.8, 4) is 23.0 Å². The summed E-state index contributed by atoms with van der Waals surface area (Å²) in [6.07, 6.45) is 10.5. The van der Waals surface area contributed by atoms with E-state index < -0.39 is 0 Å². The smallest absolute Gasteiger partial charge is 0.160 e. The highest BCUT2D eigenvalue weighted by molar-refractivity contribution is 5.42. The number of unbranched alkanes of at least 4 members (excludes halogenated alkanes) is 6. The van der Waals surface area contributed by atoms with Crippen molar-refractivity contribution in [1.29, 1.82) is 0 Å². The number of phenols is 2. The summed E-state index contributed by atoms with van der Waals surface area (Å²) in [5.41, 5.74) is 1.44. The van der Waals surface area contributed by atoms with E-state index in [1.165, 1.54) is 77.7 Å². The van der Waals surface area contributed by atoms with Crippen LogP contribution >= 0.6 is 0 Å². The Morgan fingerprint density at radius 2 is 0.947 bits per heavy atom. The molecule has 0 amide bonds. The van der Waals surface area contributed by atoms with Crippen molar-refractivity contribution in [2.24, 2.45) is 0 Å². The third kappa shape index (κ3) is 20.5. The quantitative estimate of drug-likeness (QED) is 0.209. The first kappa shape index (κ1) is 37.6. The lowest BCUT2D eigenvalue weighted by Crippen LogP contribution is -1.96. The number of aliphatic hydroxyl groups excluding tert-OH is 2. The number of hydrogen-bond donors (Lipinski definition) is 4. The molecule has 0 radical (unpaired) electrons. The Labute approximate surface area is 230 Å². The van der Waals surface area contributed by atoms with Crippen LogP contribution in [-0.2, 0) is 22.7 Å². The van der Waals surface area contributed by atoms with Crippen molar-refractivity contribution < 1.29 is 39.4 Å². The van der Waals surface area contributed by atoms with E-state index >= 15 is 0 Å². The van der Waals surface area contributed by atoms with Gasteiger partial charge in [0.2, 0.25) is 0 Å². The Morgan fingerprint density at radius 3 is 1.24 bits per heavy atom. The molecule has 0 heterocycles. The second-order valence-electron chi connectivity index (χ2n) is 8.47. The lowest BCUT2D eigenvalue weighted by atomic mass is 10.2. The van der Waals surface area contributed by atoms with Crippen molar-refractivity contribution in [3.05, 3.63) is 47.5 Å². The van der Waals surface area contributed by atoms with E-state index in [1.54, 1.807) is 38.5 Å². The predicted molar refractivity (Wildman–Crippen MR) is 153 cm³/mol. The van der Waals surface area contributed by atoms with Crippen LogP contribution in [0.5, 0.6) is 23.0 Å². The number of aromatic hydroxyl groups is 2. The highest BCUT2D eigenvalue weighted by Gasteiger charge is 2.01. The van der Waals surface area contributed by atoms with Gasteiger partial charge in [0.05, 0.1) is 27.4 Å². The van der Waals surface area contributed by atoms with Gasteiger partial charge >= 0.3 is 0 Å². The fourth-order valence-electron chi connectivity index (χ4n) is 3.00. The molecule has 0 aromatic heterocycles. The molecule has 0 atom stereocenters. The molecule has 0 saturated carbocycles. The van der Waals surface area contributed by atoms with Gasteiger partial charge in [-0.05, 0) is 48.2 Å². The molecule has 0 spiro atoms. The Balaban J connectivity index is 0. The zero-order valence-electron chi connectivity index (χ0n) is 24.4. The van der Waals surface area contributed by atoms with Crippen molar-refractivity contribution >= 4 is 0 Å². The molecule has 220 valence electrons. The molecule has 8 nitrogen and oxygen atoms in total. The number of hydrogen-bond acceptors (Lipinski definition) is 8. The molecule has 0 bridgehead atoms. The SMILES string of the molecule is CCCCCCOCCCCCC.COC.COc1cc(CO)ccc1O.COc1cc(CO)ccc1O. The first-order valence-electron chi connectivity index (χ1n) is 13.3. The summed E-state index contributed by atoms with van der Waals surface area (Å²) < 4.78 is 19.4. The van der Waals surface area contributed by atoms with Crippen LogP contribution in [0, 0.1) is 0 Å². The van der Waals surface area contributed by atoms with Crippen LogP contribution in [0.25, 0.3) is 0 Å². The summed E-state index contributed by atoms with van der Waals surface area (Å²) in [7, 11) is 6.19. The van der Waals surface area contributed by atoms with Gasteiger partial charge in [0, 0.05) is 27.4 Å². The van der Waals surface area contributed by atoms with E-state index in [0.717, 1.165) is 24.3 Å². The van der Waals surface area contributed by atoms with Crippen LogP contribution in [0.4, 0.5) is 0 Å². The van der Waals surface area contributed by atoms with E-state index in [1.807, 2.05) is 0 Å². The topological polar surface area (TPSA) is 118 Å². The molecule has 0 unspecified atom stereocenters. The molecule has 8 heteroatoms. The summed E-state index contributed by atoms with van der Waals surface area (Å²) in [6.45, 7) is 6.35. The zero-order valence-corrected chi connectivity index (χ0v) is 24.4. The zero-order chi connectivity index (χ0) is 29.0. The van der Waals surface area contributed by atoms with Crippen LogP contribution in [0.15, 0.2) is 36.4 Å². The minimum atomic E-state index is -0.0450. The highest BCUT2D eigenvalue weighted by atomic mass is 16.5. The Hall–Kier alpha value is -2.52. The predicted octanol–water partition coefficient (Wildman–Crippen LogP) is 6.21. The normalized spacial score (nSPS) is 9.68. The minimum absolute atomic E-state index is 0.0450. The molecule has 2 rings (SSSR count). The number of ether oxygens (including phenoxy) is 4.